The summed E-state index contributed by atoms with van der Waals surface area (Å²) in [6.07, 6.45) is 5.26. The number of halogens is 1. The molecule has 1 N–H and O–H groups in total. The van der Waals surface area contributed by atoms with Gasteiger partial charge < -0.3 is 19.7 Å². The quantitative estimate of drug-likeness (QED) is 0.450. The predicted molar refractivity (Wildman–Crippen MR) is 120 cm³/mol. The minimum atomic E-state index is -0.499. The van der Waals surface area contributed by atoms with Gasteiger partial charge >= 0.3 is 0 Å². The molecule has 0 bridgehead atoms. The van der Waals surface area contributed by atoms with E-state index in [1.165, 1.54) is 20.3 Å². The van der Waals surface area contributed by atoms with Crippen LogP contribution in [-0.2, 0) is 7.05 Å². The van der Waals surface area contributed by atoms with Gasteiger partial charge in [-0.05, 0) is 19.2 Å². The van der Waals surface area contributed by atoms with Crippen LogP contribution < -0.4 is 19.7 Å². The third-order valence-electron chi connectivity index (χ3n) is 4.99. The molecule has 0 aliphatic heterocycles. The van der Waals surface area contributed by atoms with Gasteiger partial charge in [0.05, 0.1) is 38.0 Å². The van der Waals surface area contributed by atoms with Gasteiger partial charge in [0.1, 0.15) is 17.1 Å². The Labute approximate surface area is 184 Å². The third kappa shape index (κ3) is 4.17. The van der Waals surface area contributed by atoms with E-state index in [4.69, 9.17) is 14.5 Å². The van der Waals surface area contributed by atoms with Crippen LogP contribution in [0.4, 0.5) is 15.9 Å². The molecule has 3 aromatic heterocycles. The van der Waals surface area contributed by atoms with Gasteiger partial charge in [-0.1, -0.05) is 0 Å². The molecule has 32 heavy (non-hydrogen) atoms. The van der Waals surface area contributed by atoms with Crippen LogP contribution in [0.25, 0.3) is 22.4 Å². The molecule has 1 aromatic carbocycles. The maximum atomic E-state index is 15.2. The number of aromatic nitrogens is 5. The topological polar surface area (TPSA) is 90.2 Å². The first-order valence-electron chi connectivity index (χ1n) is 10.0. The molecule has 0 saturated carbocycles. The molecule has 3 heterocycles. The molecule has 9 nitrogen and oxygen atoms in total. The molecule has 4 rings (SSSR count). The summed E-state index contributed by atoms with van der Waals surface area (Å²) in [5.74, 6) is 0.599. The number of fused-ring (bicyclic) bond motifs is 1. The maximum Gasteiger partial charge on any atom is 0.188 e. The SMILES string of the molecule is CNCCN(c1ccc2ncc(-c3cnn(C)c3)nc2n1)c1cc(OC)cc(OC)c1F. The lowest BCUT2D eigenvalue weighted by molar-refractivity contribution is 0.374. The Hall–Kier alpha value is -3.79. The maximum absolute atomic E-state index is 15.2. The average molecular weight is 437 g/mol. The van der Waals surface area contributed by atoms with E-state index in [2.05, 4.69) is 20.4 Å². The van der Waals surface area contributed by atoms with Crippen LogP contribution in [0.15, 0.2) is 42.9 Å². The van der Waals surface area contributed by atoms with Crippen LogP contribution >= 0.6 is 0 Å². The molecule has 0 unspecified atom stereocenters. The predicted octanol–water partition coefficient (Wildman–Crippen LogP) is 2.94. The van der Waals surface area contributed by atoms with Gasteiger partial charge in [0, 0.05) is 44.0 Å². The van der Waals surface area contributed by atoms with E-state index >= 15 is 4.39 Å². The van der Waals surface area contributed by atoms with E-state index in [-0.39, 0.29) is 5.75 Å². The van der Waals surface area contributed by atoms with Gasteiger partial charge in [0.15, 0.2) is 17.2 Å². The second-order valence-electron chi connectivity index (χ2n) is 7.09. The van der Waals surface area contributed by atoms with Crippen LogP contribution in [-0.4, -0.2) is 59.1 Å². The van der Waals surface area contributed by atoms with Crippen molar-refractivity contribution < 1.29 is 13.9 Å². The zero-order valence-corrected chi connectivity index (χ0v) is 18.3. The lowest BCUT2D eigenvalue weighted by atomic mass is 10.2. The Morgan fingerprint density at radius 1 is 1.12 bits per heavy atom. The summed E-state index contributed by atoms with van der Waals surface area (Å²) in [6.45, 7) is 1.05. The van der Waals surface area contributed by atoms with Crippen molar-refractivity contribution >= 4 is 22.7 Å². The van der Waals surface area contributed by atoms with Gasteiger partial charge in [0.25, 0.3) is 0 Å². The molecule has 0 spiro atoms. The summed E-state index contributed by atoms with van der Waals surface area (Å²) in [7, 11) is 6.62. The number of benzene rings is 1. The number of methoxy groups -OCH3 is 2. The number of hydrogen-bond donors (Lipinski definition) is 1. The van der Waals surface area contributed by atoms with E-state index in [0.717, 1.165) is 5.56 Å². The van der Waals surface area contributed by atoms with E-state index in [0.29, 0.717) is 47.2 Å². The number of nitrogens with zero attached hydrogens (tertiary/aromatic N) is 6. The van der Waals surface area contributed by atoms with Crippen LogP contribution in [0.5, 0.6) is 11.5 Å². The first kappa shape index (κ1) is 21.4. The van der Waals surface area contributed by atoms with E-state index in [1.807, 2.05) is 26.4 Å². The van der Waals surface area contributed by atoms with Crippen molar-refractivity contribution in [3.05, 3.63) is 48.7 Å². The highest BCUT2D eigenvalue weighted by atomic mass is 19.1. The van der Waals surface area contributed by atoms with Crippen LogP contribution in [0, 0.1) is 5.82 Å². The first-order chi connectivity index (χ1) is 15.5. The molecular formula is C22H24FN7O2. The lowest BCUT2D eigenvalue weighted by Crippen LogP contribution is -2.28. The molecule has 166 valence electrons. The van der Waals surface area contributed by atoms with Gasteiger partial charge in [-0.25, -0.2) is 14.4 Å². The number of anilines is 2. The minimum Gasteiger partial charge on any atom is -0.497 e. The Morgan fingerprint density at radius 3 is 2.66 bits per heavy atom. The normalized spacial score (nSPS) is 11.0. The summed E-state index contributed by atoms with van der Waals surface area (Å²) in [4.78, 5) is 15.6. The molecule has 10 heteroatoms. The van der Waals surface area contributed by atoms with Gasteiger partial charge in [-0.15, -0.1) is 0 Å². The van der Waals surface area contributed by atoms with Gasteiger partial charge in [-0.2, -0.15) is 5.10 Å². The monoisotopic (exact) mass is 437 g/mol. The van der Waals surface area contributed by atoms with Crippen LogP contribution in [0.1, 0.15) is 0 Å². The van der Waals surface area contributed by atoms with Gasteiger partial charge in [-0.3, -0.25) is 9.67 Å². The van der Waals surface area contributed by atoms with Crippen molar-refractivity contribution in [1.82, 2.24) is 30.0 Å². The number of rotatable bonds is 8. The van der Waals surface area contributed by atoms with Crippen molar-refractivity contribution in [1.29, 1.82) is 0 Å². The summed E-state index contributed by atoms with van der Waals surface area (Å²) >= 11 is 0. The smallest absolute Gasteiger partial charge is 0.188 e. The highest BCUT2D eigenvalue weighted by Crippen LogP contribution is 2.36. The third-order valence-corrected chi connectivity index (χ3v) is 4.99. The number of pyridine rings is 1. The molecule has 0 fully saturated rings. The van der Waals surface area contributed by atoms with Crippen molar-refractivity contribution in [3.8, 4) is 22.8 Å². The number of aryl methyl sites for hydroxylation is 1. The minimum absolute atomic E-state index is 0.0910. The Balaban J connectivity index is 1.82. The van der Waals surface area contributed by atoms with Crippen molar-refractivity contribution in [2.75, 3.05) is 39.3 Å². The highest BCUT2D eigenvalue weighted by molar-refractivity contribution is 5.77. The van der Waals surface area contributed by atoms with E-state index in [9.17, 15) is 0 Å². The zero-order chi connectivity index (χ0) is 22.7. The Morgan fingerprint density at radius 2 is 1.97 bits per heavy atom. The number of ether oxygens (including phenoxy) is 2. The number of nitrogens with one attached hydrogen (secondary N) is 1. The molecule has 0 aliphatic carbocycles. The van der Waals surface area contributed by atoms with Crippen molar-refractivity contribution in [3.63, 3.8) is 0 Å². The molecular weight excluding hydrogens is 413 g/mol. The largest absolute Gasteiger partial charge is 0.497 e. The first-order valence-corrected chi connectivity index (χ1v) is 10.0. The molecule has 0 radical (unpaired) electrons. The number of likely N-dealkylation sites (N-methyl/N-ethyl adjacent to an activating group) is 1. The fourth-order valence-corrected chi connectivity index (χ4v) is 3.33. The zero-order valence-electron chi connectivity index (χ0n) is 18.3. The van der Waals surface area contributed by atoms with Gasteiger partial charge in [0.2, 0.25) is 0 Å². The molecule has 0 aliphatic rings. The summed E-state index contributed by atoms with van der Waals surface area (Å²) in [5.41, 5.74) is 2.88. The molecule has 0 atom stereocenters. The average Bonchev–Trinajstić information content (AvgIpc) is 3.26. The lowest BCUT2D eigenvalue weighted by Gasteiger charge is -2.25. The Bertz CT molecular complexity index is 1240. The fourth-order valence-electron chi connectivity index (χ4n) is 3.33. The molecule has 0 saturated heterocycles. The second kappa shape index (κ2) is 9.15. The van der Waals surface area contributed by atoms with Crippen molar-refractivity contribution in [2.45, 2.75) is 0 Å². The second-order valence-corrected chi connectivity index (χ2v) is 7.09. The van der Waals surface area contributed by atoms with E-state index < -0.39 is 5.82 Å². The fraction of sp³-hybridized carbons (Fsp3) is 0.273. The summed E-state index contributed by atoms with van der Waals surface area (Å²) in [6, 6.07) is 6.74. The summed E-state index contributed by atoms with van der Waals surface area (Å²) in [5, 5.41) is 7.28. The molecule has 0 amide bonds. The summed E-state index contributed by atoms with van der Waals surface area (Å²) < 4.78 is 27.5. The number of hydrogen-bond acceptors (Lipinski definition) is 8. The van der Waals surface area contributed by atoms with Crippen LogP contribution in [0.2, 0.25) is 0 Å². The standard InChI is InChI=1S/C22H24FN7O2/c1-24-7-8-30(18-9-15(31-3)10-19(32-4)21(18)23)20-6-5-16-22(28-20)27-17(12-25-16)14-11-26-29(2)13-14/h5-6,9-13,24H,7-8H2,1-4H3. The molecule has 4 aromatic rings. The van der Waals surface area contributed by atoms with Crippen molar-refractivity contribution in [2.24, 2.45) is 7.05 Å². The van der Waals surface area contributed by atoms with E-state index in [1.54, 1.807) is 34.1 Å². The highest BCUT2D eigenvalue weighted by Gasteiger charge is 2.21. The van der Waals surface area contributed by atoms with Crippen LogP contribution in [0.3, 0.4) is 0 Å². The Kier molecular flexibility index (Phi) is 6.13.